The first kappa shape index (κ1) is 14.3. The molecule has 3 N–H and O–H groups in total. The summed E-state index contributed by atoms with van der Waals surface area (Å²) >= 11 is 0. The maximum atomic E-state index is 12.4. The van der Waals surface area contributed by atoms with Crippen LogP contribution in [-0.4, -0.2) is 39.9 Å². The summed E-state index contributed by atoms with van der Waals surface area (Å²) in [6, 6.07) is 3.25. The van der Waals surface area contributed by atoms with Gasteiger partial charge in [0.15, 0.2) is 5.84 Å². The van der Waals surface area contributed by atoms with E-state index in [2.05, 4.69) is 17.1 Å². The van der Waals surface area contributed by atoms with Gasteiger partial charge in [-0.1, -0.05) is 12.1 Å². The minimum atomic E-state index is -0.0508. The highest BCUT2D eigenvalue weighted by Gasteiger charge is 2.20. The molecule has 108 valence electrons. The number of hydrogen-bond acceptors (Lipinski definition) is 4. The van der Waals surface area contributed by atoms with Crippen molar-refractivity contribution < 1.29 is 10.0 Å². The number of nitrogens with two attached hydrogens (primary N) is 1. The van der Waals surface area contributed by atoms with Crippen LogP contribution in [0.15, 0.2) is 23.5 Å². The Kier molecular flexibility index (Phi) is 4.55. The van der Waals surface area contributed by atoms with Gasteiger partial charge in [0.25, 0.3) is 5.91 Å². The molecule has 1 aliphatic rings. The van der Waals surface area contributed by atoms with E-state index >= 15 is 0 Å². The molecule has 1 fully saturated rings. The minimum Gasteiger partial charge on any atom is -0.409 e. The number of likely N-dealkylation sites (tertiary alicyclic amines) is 1. The van der Waals surface area contributed by atoms with Crippen molar-refractivity contribution in [2.45, 2.75) is 26.2 Å². The van der Waals surface area contributed by atoms with E-state index in [0.29, 0.717) is 17.2 Å². The van der Waals surface area contributed by atoms with Crippen LogP contribution in [0, 0.1) is 5.92 Å². The van der Waals surface area contributed by atoms with Crippen LogP contribution < -0.4 is 5.73 Å². The molecule has 0 aromatic carbocycles. The highest BCUT2D eigenvalue weighted by atomic mass is 16.4. The van der Waals surface area contributed by atoms with Crippen LogP contribution in [0.2, 0.25) is 0 Å². The summed E-state index contributed by atoms with van der Waals surface area (Å²) in [5.74, 6) is 0.606. The van der Waals surface area contributed by atoms with Crippen LogP contribution in [0.5, 0.6) is 0 Å². The van der Waals surface area contributed by atoms with Gasteiger partial charge in [-0.05, 0) is 37.3 Å². The lowest BCUT2D eigenvalue weighted by atomic mass is 10.0. The number of carbonyl (C=O) groups is 1. The number of rotatable bonds is 2. The number of oxime groups is 1. The van der Waals surface area contributed by atoms with E-state index in [9.17, 15) is 4.79 Å². The molecule has 1 saturated heterocycles. The molecular weight excluding hydrogens is 256 g/mol. The van der Waals surface area contributed by atoms with E-state index in [1.54, 1.807) is 12.1 Å². The number of carbonyl (C=O) groups excluding carboxylic acids is 1. The quantitative estimate of drug-likeness (QED) is 0.370. The lowest BCUT2D eigenvalue weighted by Crippen LogP contribution is -2.32. The predicted molar refractivity (Wildman–Crippen MR) is 75.7 cm³/mol. The molecule has 6 heteroatoms. The molecule has 1 unspecified atom stereocenters. The number of nitrogens with zero attached hydrogens (tertiary/aromatic N) is 3. The van der Waals surface area contributed by atoms with Gasteiger partial charge in [-0.15, -0.1) is 0 Å². The summed E-state index contributed by atoms with van der Waals surface area (Å²) in [5.41, 5.74) is 6.36. The fraction of sp³-hybridized carbons (Fsp3) is 0.500. The normalized spacial score (nSPS) is 20.6. The number of aromatic nitrogens is 1. The van der Waals surface area contributed by atoms with Crippen molar-refractivity contribution >= 4 is 11.7 Å². The molecule has 1 atom stereocenters. The highest BCUT2D eigenvalue weighted by Crippen LogP contribution is 2.17. The first-order valence-electron chi connectivity index (χ1n) is 6.85. The Balaban J connectivity index is 2.09. The van der Waals surface area contributed by atoms with Gasteiger partial charge in [-0.2, -0.15) is 0 Å². The summed E-state index contributed by atoms with van der Waals surface area (Å²) in [5, 5.41) is 11.5. The standard InChI is InChI=1S/C14H20N4O2/c1-10-3-2-7-18(8-6-10)14(19)12-5-4-11(9-16-12)13(15)17-20/h4-5,9-10,20H,2-3,6-8H2,1H3,(H2,15,17). The fourth-order valence-electron chi connectivity index (χ4n) is 2.36. The monoisotopic (exact) mass is 276 g/mol. The molecule has 20 heavy (non-hydrogen) atoms. The molecule has 1 aromatic rings. The maximum Gasteiger partial charge on any atom is 0.272 e. The second-order valence-electron chi connectivity index (χ2n) is 5.25. The zero-order valence-electron chi connectivity index (χ0n) is 11.6. The first-order chi connectivity index (χ1) is 9.61. The maximum absolute atomic E-state index is 12.4. The molecule has 1 aliphatic heterocycles. The lowest BCUT2D eigenvalue weighted by molar-refractivity contribution is 0.0754. The Morgan fingerprint density at radius 3 is 2.90 bits per heavy atom. The molecule has 6 nitrogen and oxygen atoms in total. The van der Waals surface area contributed by atoms with Gasteiger partial charge in [0, 0.05) is 24.8 Å². The summed E-state index contributed by atoms with van der Waals surface area (Å²) < 4.78 is 0. The number of pyridine rings is 1. The fourth-order valence-corrected chi connectivity index (χ4v) is 2.36. The van der Waals surface area contributed by atoms with E-state index in [1.165, 1.54) is 12.6 Å². The molecule has 2 rings (SSSR count). The van der Waals surface area contributed by atoms with Crippen LogP contribution in [0.4, 0.5) is 0 Å². The van der Waals surface area contributed by atoms with Crippen LogP contribution in [0.3, 0.4) is 0 Å². The van der Waals surface area contributed by atoms with Crippen molar-refractivity contribution in [2.24, 2.45) is 16.8 Å². The summed E-state index contributed by atoms with van der Waals surface area (Å²) in [7, 11) is 0. The third-order valence-corrected chi connectivity index (χ3v) is 3.69. The van der Waals surface area contributed by atoms with Crippen LogP contribution in [0.1, 0.15) is 42.2 Å². The molecule has 0 radical (unpaired) electrons. The Morgan fingerprint density at radius 2 is 2.25 bits per heavy atom. The van der Waals surface area contributed by atoms with E-state index in [-0.39, 0.29) is 11.7 Å². The van der Waals surface area contributed by atoms with Gasteiger partial charge in [-0.25, -0.2) is 0 Å². The summed E-state index contributed by atoms with van der Waals surface area (Å²) in [6.07, 6.45) is 4.69. The zero-order valence-corrected chi connectivity index (χ0v) is 11.6. The Hall–Kier alpha value is -2.11. The molecule has 0 aliphatic carbocycles. The Bertz CT molecular complexity index is 498. The number of amides is 1. The molecular formula is C14H20N4O2. The smallest absolute Gasteiger partial charge is 0.272 e. The van der Waals surface area contributed by atoms with Gasteiger partial charge in [-0.3, -0.25) is 9.78 Å². The third kappa shape index (κ3) is 3.26. The first-order valence-corrected chi connectivity index (χ1v) is 6.85. The van der Waals surface area contributed by atoms with Gasteiger partial charge in [0.1, 0.15) is 5.69 Å². The van der Waals surface area contributed by atoms with E-state index in [4.69, 9.17) is 10.9 Å². The van der Waals surface area contributed by atoms with Crippen molar-refractivity contribution in [1.82, 2.24) is 9.88 Å². The van der Waals surface area contributed by atoms with Gasteiger partial charge < -0.3 is 15.8 Å². The summed E-state index contributed by atoms with van der Waals surface area (Å²) in [6.45, 7) is 3.79. The molecule has 2 heterocycles. The van der Waals surface area contributed by atoms with Crippen molar-refractivity contribution in [3.05, 3.63) is 29.6 Å². The molecule has 0 spiro atoms. The minimum absolute atomic E-state index is 0.0138. The average Bonchev–Trinajstić information content (AvgIpc) is 2.70. The van der Waals surface area contributed by atoms with Gasteiger partial charge in [0.05, 0.1) is 0 Å². The van der Waals surface area contributed by atoms with E-state index in [1.807, 2.05) is 4.90 Å². The van der Waals surface area contributed by atoms with Crippen molar-refractivity contribution in [3.8, 4) is 0 Å². The Labute approximate surface area is 118 Å². The van der Waals surface area contributed by atoms with Crippen molar-refractivity contribution in [3.63, 3.8) is 0 Å². The van der Waals surface area contributed by atoms with Gasteiger partial charge in [0.2, 0.25) is 0 Å². The average molecular weight is 276 g/mol. The van der Waals surface area contributed by atoms with Crippen LogP contribution in [-0.2, 0) is 0 Å². The van der Waals surface area contributed by atoms with Crippen molar-refractivity contribution in [1.29, 1.82) is 0 Å². The number of amidine groups is 1. The largest absolute Gasteiger partial charge is 0.409 e. The van der Waals surface area contributed by atoms with Crippen molar-refractivity contribution in [2.75, 3.05) is 13.1 Å². The second-order valence-corrected chi connectivity index (χ2v) is 5.25. The number of hydrogen-bond donors (Lipinski definition) is 2. The van der Waals surface area contributed by atoms with E-state index in [0.717, 1.165) is 25.9 Å². The topological polar surface area (TPSA) is 91.8 Å². The summed E-state index contributed by atoms with van der Waals surface area (Å²) in [4.78, 5) is 18.3. The lowest BCUT2D eigenvalue weighted by Gasteiger charge is -2.19. The third-order valence-electron chi connectivity index (χ3n) is 3.69. The molecule has 1 aromatic heterocycles. The predicted octanol–water partition coefficient (Wildman–Crippen LogP) is 1.44. The Morgan fingerprint density at radius 1 is 1.45 bits per heavy atom. The SMILES string of the molecule is CC1CCCN(C(=O)c2ccc(C(N)=NO)cn2)CC1. The van der Waals surface area contributed by atoms with Crippen LogP contribution in [0.25, 0.3) is 0 Å². The second kappa shape index (κ2) is 6.36. The van der Waals surface area contributed by atoms with E-state index < -0.39 is 0 Å². The van der Waals surface area contributed by atoms with Gasteiger partial charge >= 0.3 is 0 Å². The molecule has 0 saturated carbocycles. The zero-order chi connectivity index (χ0) is 14.5. The van der Waals surface area contributed by atoms with Crippen LogP contribution >= 0.6 is 0 Å². The highest BCUT2D eigenvalue weighted by molar-refractivity contribution is 5.98. The molecule has 1 amide bonds. The molecule has 0 bridgehead atoms.